The fraction of sp³-hybridized carbons (Fsp3) is 0.231. The third-order valence-corrected chi connectivity index (χ3v) is 5.75. The van der Waals surface area contributed by atoms with Crippen LogP contribution in [0.5, 0.6) is 0 Å². The quantitative estimate of drug-likeness (QED) is 0.481. The number of carbonyl (C=O) groups excluding carboxylic acids is 2. The average molecular weight is 433 g/mol. The summed E-state index contributed by atoms with van der Waals surface area (Å²) in [6.45, 7) is 4.01. The van der Waals surface area contributed by atoms with Crippen LogP contribution in [0.4, 0.5) is 5.69 Å². The molecule has 31 heavy (non-hydrogen) atoms. The van der Waals surface area contributed by atoms with Crippen molar-refractivity contribution in [2.24, 2.45) is 0 Å². The Morgan fingerprint density at radius 2 is 1.65 bits per heavy atom. The molecule has 0 saturated carbocycles. The van der Waals surface area contributed by atoms with Gasteiger partial charge in [-0.1, -0.05) is 54.6 Å². The Morgan fingerprint density at radius 3 is 2.29 bits per heavy atom. The molecule has 160 valence electrons. The number of nitrogens with one attached hydrogen (secondary N) is 1. The normalized spacial score (nSPS) is 11.6. The van der Waals surface area contributed by atoms with Gasteiger partial charge in [0, 0.05) is 30.5 Å². The number of hydrogen-bond acceptors (Lipinski definition) is 3. The Kier molecular flexibility index (Phi) is 7.90. The van der Waals surface area contributed by atoms with Gasteiger partial charge >= 0.3 is 0 Å². The van der Waals surface area contributed by atoms with Gasteiger partial charge in [0.05, 0.1) is 6.04 Å². The molecule has 0 aromatic heterocycles. The van der Waals surface area contributed by atoms with Crippen LogP contribution in [0.2, 0.25) is 0 Å². The van der Waals surface area contributed by atoms with Crippen molar-refractivity contribution in [3.63, 3.8) is 0 Å². The van der Waals surface area contributed by atoms with Gasteiger partial charge in [0.2, 0.25) is 5.91 Å². The largest absolute Gasteiger partial charge is 0.328 e. The lowest BCUT2D eigenvalue weighted by atomic mass is 10.0. The fourth-order valence-corrected chi connectivity index (χ4v) is 4.03. The second kappa shape index (κ2) is 10.8. The van der Waals surface area contributed by atoms with Crippen molar-refractivity contribution in [3.8, 4) is 0 Å². The molecule has 1 atom stereocenters. The summed E-state index contributed by atoms with van der Waals surface area (Å²) in [5.74, 6) is 0.790. The molecule has 4 nitrogen and oxygen atoms in total. The van der Waals surface area contributed by atoms with E-state index < -0.39 is 0 Å². The van der Waals surface area contributed by atoms with E-state index in [2.05, 4.69) is 11.6 Å². The van der Waals surface area contributed by atoms with Crippen LogP contribution in [0.1, 0.15) is 46.9 Å². The summed E-state index contributed by atoms with van der Waals surface area (Å²) >= 11 is 1.76. The van der Waals surface area contributed by atoms with Crippen LogP contribution in [0.15, 0.2) is 78.9 Å². The predicted octanol–water partition coefficient (Wildman–Crippen LogP) is 5.91. The Hall–Kier alpha value is -3.05. The highest BCUT2D eigenvalue weighted by Gasteiger charge is 2.23. The SMILES string of the molecule is CSCc1ccc(C(=O)N(Cc2ccccc2)C(C)c2cccc(NC(C)=O)c2)cc1. The minimum absolute atomic E-state index is 0.0167. The lowest BCUT2D eigenvalue weighted by Crippen LogP contribution is -2.33. The maximum Gasteiger partial charge on any atom is 0.254 e. The van der Waals surface area contributed by atoms with E-state index in [1.807, 2.05) is 90.7 Å². The Morgan fingerprint density at radius 1 is 0.935 bits per heavy atom. The minimum atomic E-state index is -0.174. The van der Waals surface area contributed by atoms with E-state index in [9.17, 15) is 9.59 Å². The summed E-state index contributed by atoms with van der Waals surface area (Å²) < 4.78 is 0. The van der Waals surface area contributed by atoms with Crippen molar-refractivity contribution >= 4 is 29.3 Å². The van der Waals surface area contributed by atoms with Gasteiger partial charge in [-0.15, -0.1) is 0 Å². The molecule has 0 aliphatic carbocycles. The van der Waals surface area contributed by atoms with Crippen LogP contribution in [0, 0.1) is 0 Å². The number of rotatable bonds is 8. The lowest BCUT2D eigenvalue weighted by molar-refractivity contribution is -0.114. The Balaban J connectivity index is 1.92. The fourth-order valence-electron chi connectivity index (χ4n) is 3.50. The third kappa shape index (κ3) is 6.22. The number of anilines is 1. The van der Waals surface area contributed by atoms with Crippen molar-refractivity contribution in [2.45, 2.75) is 32.2 Å². The summed E-state index contributed by atoms with van der Waals surface area (Å²) in [4.78, 5) is 26.9. The van der Waals surface area contributed by atoms with Crippen molar-refractivity contribution in [1.82, 2.24) is 4.90 Å². The molecule has 3 rings (SSSR count). The predicted molar refractivity (Wildman–Crippen MR) is 129 cm³/mol. The van der Waals surface area contributed by atoms with E-state index in [0.29, 0.717) is 12.1 Å². The average Bonchev–Trinajstić information content (AvgIpc) is 2.78. The monoisotopic (exact) mass is 432 g/mol. The zero-order chi connectivity index (χ0) is 22.2. The molecular weight excluding hydrogens is 404 g/mol. The van der Waals surface area contributed by atoms with Gasteiger partial charge in [0.25, 0.3) is 5.91 Å². The highest BCUT2D eigenvalue weighted by molar-refractivity contribution is 7.97. The molecule has 0 bridgehead atoms. The first kappa shape index (κ1) is 22.6. The van der Waals surface area contributed by atoms with Gasteiger partial charge in [-0.3, -0.25) is 9.59 Å². The number of nitrogens with zero attached hydrogens (tertiary/aromatic N) is 1. The topological polar surface area (TPSA) is 49.4 Å². The number of benzene rings is 3. The van der Waals surface area contributed by atoms with E-state index >= 15 is 0 Å². The summed E-state index contributed by atoms with van der Waals surface area (Å²) in [5, 5.41) is 2.82. The molecular formula is C26H28N2O2S. The van der Waals surface area contributed by atoms with E-state index in [-0.39, 0.29) is 17.9 Å². The number of thioether (sulfide) groups is 1. The van der Waals surface area contributed by atoms with E-state index in [1.54, 1.807) is 11.8 Å². The maximum absolute atomic E-state index is 13.5. The van der Waals surface area contributed by atoms with Gasteiger partial charge in [0.15, 0.2) is 0 Å². The second-order valence-corrected chi connectivity index (χ2v) is 8.40. The van der Waals surface area contributed by atoms with Crippen LogP contribution in [-0.2, 0) is 17.1 Å². The van der Waals surface area contributed by atoms with E-state index in [4.69, 9.17) is 0 Å². The molecule has 0 heterocycles. The van der Waals surface area contributed by atoms with Gasteiger partial charge < -0.3 is 10.2 Å². The first-order chi connectivity index (χ1) is 15.0. The number of carbonyl (C=O) groups is 2. The molecule has 0 fully saturated rings. The summed E-state index contributed by atoms with van der Waals surface area (Å²) in [6, 6.07) is 25.4. The molecule has 0 spiro atoms. The standard InChI is InChI=1S/C26H28N2O2S/c1-19(24-10-7-11-25(16-24)27-20(2)29)28(17-21-8-5-4-6-9-21)26(30)23-14-12-22(13-15-23)18-31-3/h4-16,19H,17-18H2,1-3H3,(H,27,29). The van der Waals surface area contributed by atoms with Gasteiger partial charge in [-0.25, -0.2) is 0 Å². The zero-order valence-electron chi connectivity index (χ0n) is 18.2. The smallest absolute Gasteiger partial charge is 0.254 e. The summed E-state index contributed by atoms with van der Waals surface area (Å²) in [6.07, 6.45) is 2.07. The van der Waals surface area contributed by atoms with Crippen LogP contribution in [0.25, 0.3) is 0 Å². The molecule has 3 aromatic carbocycles. The van der Waals surface area contributed by atoms with Crippen LogP contribution >= 0.6 is 11.8 Å². The first-order valence-corrected chi connectivity index (χ1v) is 11.7. The van der Waals surface area contributed by atoms with Crippen molar-refractivity contribution in [1.29, 1.82) is 0 Å². The zero-order valence-corrected chi connectivity index (χ0v) is 19.0. The molecule has 2 amide bonds. The minimum Gasteiger partial charge on any atom is -0.328 e. The molecule has 0 radical (unpaired) electrons. The van der Waals surface area contributed by atoms with Gasteiger partial charge in [-0.2, -0.15) is 11.8 Å². The first-order valence-electron chi connectivity index (χ1n) is 10.3. The van der Waals surface area contributed by atoms with Crippen LogP contribution in [0.3, 0.4) is 0 Å². The molecule has 0 aliphatic heterocycles. The molecule has 3 aromatic rings. The highest BCUT2D eigenvalue weighted by Crippen LogP contribution is 2.27. The molecule has 1 unspecified atom stereocenters. The van der Waals surface area contributed by atoms with Crippen molar-refractivity contribution in [2.75, 3.05) is 11.6 Å². The van der Waals surface area contributed by atoms with Crippen LogP contribution < -0.4 is 5.32 Å². The maximum atomic E-state index is 13.5. The number of amides is 2. The van der Waals surface area contributed by atoms with Crippen LogP contribution in [-0.4, -0.2) is 23.0 Å². The van der Waals surface area contributed by atoms with Crippen molar-refractivity contribution < 1.29 is 9.59 Å². The molecule has 0 aliphatic rings. The molecule has 0 saturated heterocycles. The summed E-state index contributed by atoms with van der Waals surface area (Å²) in [5.41, 5.74) is 4.64. The lowest BCUT2D eigenvalue weighted by Gasteiger charge is -2.30. The third-order valence-electron chi connectivity index (χ3n) is 5.13. The van der Waals surface area contributed by atoms with Gasteiger partial charge in [0.1, 0.15) is 0 Å². The van der Waals surface area contributed by atoms with E-state index in [1.165, 1.54) is 12.5 Å². The van der Waals surface area contributed by atoms with E-state index in [0.717, 1.165) is 22.6 Å². The Labute approximate surface area is 188 Å². The number of hydrogen-bond donors (Lipinski definition) is 1. The Bertz CT molecular complexity index is 1020. The highest BCUT2D eigenvalue weighted by atomic mass is 32.2. The molecule has 1 N–H and O–H groups in total. The second-order valence-electron chi connectivity index (χ2n) is 7.53. The molecule has 5 heteroatoms. The van der Waals surface area contributed by atoms with Gasteiger partial charge in [-0.05, 0) is 54.1 Å². The summed E-state index contributed by atoms with van der Waals surface area (Å²) in [7, 11) is 0. The van der Waals surface area contributed by atoms with Crippen molar-refractivity contribution in [3.05, 3.63) is 101 Å².